The van der Waals surface area contributed by atoms with Crippen molar-refractivity contribution >= 4 is 65.3 Å². The van der Waals surface area contributed by atoms with Gasteiger partial charge in [0.15, 0.2) is 23.1 Å². The lowest BCUT2D eigenvalue weighted by atomic mass is 9.99. The first kappa shape index (κ1) is 28.7. The Labute approximate surface area is 298 Å². The summed E-state index contributed by atoms with van der Waals surface area (Å²) >= 11 is 0. The fourth-order valence-electron chi connectivity index (χ4n) is 7.88. The molecule has 5 nitrogen and oxygen atoms in total. The third-order valence-corrected chi connectivity index (χ3v) is 10.2. The number of furan rings is 1. The Morgan fingerprint density at radius 1 is 0.404 bits per heavy atom. The van der Waals surface area contributed by atoms with E-state index in [2.05, 4.69) is 114 Å². The van der Waals surface area contributed by atoms with E-state index < -0.39 is 0 Å². The highest BCUT2D eigenvalue weighted by atomic mass is 16.3. The number of fused-ring (bicyclic) bond motifs is 10. The molecule has 0 unspecified atom stereocenters. The first-order chi connectivity index (χ1) is 25.8. The van der Waals surface area contributed by atoms with Gasteiger partial charge in [-0.05, 0) is 29.0 Å². The van der Waals surface area contributed by atoms with Crippen molar-refractivity contribution in [3.63, 3.8) is 0 Å². The molecule has 52 heavy (non-hydrogen) atoms. The molecular weight excluding hydrogens is 637 g/mol. The molecule has 0 fully saturated rings. The predicted molar refractivity (Wildman–Crippen MR) is 213 cm³/mol. The summed E-state index contributed by atoms with van der Waals surface area (Å²) in [6.07, 6.45) is 0. The Kier molecular flexibility index (Phi) is 6.18. The van der Waals surface area contributed by atoms with E-state index in [4.69, 9.17) is 19.4 Å². The molecule has 0 radical (unpaired) electrons. The van der Waals surface area contributed by atoms with Gasteiger partial charge in [0.2, 0.25) is 0 Å². The fourth-order valence-corrected chi connectivity index (χ4v) is 7.88. The van der Waals surface area contributed by atoms with E-state index in [1.54, 1.807) is 0 Å². The summed E-state index contributed by atoms with van der Waals surface area (Å²) < 4.78 is 9.51. The lowest BCUT2D eigenvalue weighted by molar-refractivity contribution is 0.670. The van der Waals surface area contributed by atoms with E-state index in [1.165, 1.54) is 21.5 Å². The topological polar surface area (TPSA) is 56.7 Å². The van der Waals surface area contributed by atoms with Crippen molar-refractivity contribution in [3.05, 3.63) is 170 Å². The van der Waals surface area contributed by atoms with Crippen LogP contribution in [0.4, 0.5) is 0 Å². The molecule has 5 heteroatoms. The minimum Gasteiger partial charge on any atom is -0.453 e. The fraction of sp³-hybridized carbons (Fsp3) is 0. The van der Waals surface area contributed by atoms with Gasteiger partial charge in [-0.25, -0.2) is 15.0 Å². The standard InChI is InChI=1S/C47H28N4O/c1-3-15-30(16-4-1)45-48-46(31-17-5-2-6-18-31)50-47(49-45)38-28-32-19-8-10-21-34(32)44-41(38)37-23-13-25-40(43(37)52-44)51-39-24-12-11-22-35(39)36-27-26-29-14-7-9-20-33(29)42(36)51/h1-28H. The lowest BCUT2D eigenvalue weighted by Crippen LogP contribution is -2.00. The van der Waals surface area contributed by atoms with Crippen molar-refractivity contribution in [2.75, 3.05) is 0 Å². The second kappa shape index (κ2) is 11.2. The van der Waals surface area contributed by atoms with Gasteiger partial charge >= 0.3 is 0 Å². The van der Waals surface area contributed by atoms with Crippen LogP contribution in [0.5, 0.6) is 0 Å². The lowest BCUT2D eigenvalue weighted by Gasteiger charge is -2.11. The van der Waals surface area contributed by atoms with Gasteiger partial charge in [-0.1, -0.05) is 152 Å². The van der Waals surface area contributed by atoms with Gasteiger partial charge in [0.05, 0.1) is 16.7 Å². The molecule has 0 bridgehead atoms. The zero-order chi connectivity index (χ0) is 34.2. The summed E-state index contributed by atoms with van der Waals surface area (Å²) in [6, 6.07) is 59.0. The SMILES string of the molecule is c1ccc(-c2nc(-c3ccccc3)nc(-c3cc4ccccc4c4oc5c(-n6c7ccccc7c7ccc8ccccc8c76)cccc5c34)n2)cc1. The van der Waals surface area contributed by atoms with E-state index >= 15 is 0 Å². The van der Waals surface area contributed by atoms with Gasteiger partial charge in [-0.2, -0.15) is 0 Å². The number of hydrogen-bond acceptors (Lipinski definition) is 4. The van der Waals surface area contributed by atoms with Crippen LogP contribution < -0.4 is 0 Å². The monoisotopic (exact) mass is 664 g/mol. The largest absolute Gasteiger partial charge is 0.453 e. The molecule has 0 aliphatic heterocycles. The normalized spacial score (nSPS) is 11.8. The van der Waals surface area contributed by atoms with Crippen LogP contribution in [0.3, 0.4) is 0 Å². The van der Waals surface area contributed by atoms with E-state index in [0.717, 1.165) is 66.1 Å². The Hall–Kier alpha value is -7.11. The smallest absolute Gasteiger partial charge is 0.164 e. The average molecular weight is 665 g/mol. The molecule has 8 aromatic carbocycles. The summed E-state index contributed by atoms with van der Waals surface area (Å²) in [4.78, 5) is 15.3. The van der Waals surface area contributed by atoms with Crippen molar-refractivity contribution in [1.29, 1.82) is 0 Å². The molecule has 0 saturated heterocycles. The van der Waals surface area contributed by atoms with Crippen LogP contribution in [0.15, 0.2) is 174 Å². The molecule has 242 valence electrons. The molecule has 3 heterocycles. The number of aromatic nitrogens is 4. The quantitative estimate of drug-likeness (QED) is 0.188. The highest BCUT2D eigenvalue weighted by Crippen LogP contribution is 2.44. The minimum absolute atomic E-state index is 0.597. The summed E-state index contributed by atoms with van der Waals surface area (Å²) in [7, 11) is 0. The molecule has 3 aromatic heterocycles. The van der Waals surface area contributed by atoms with Crippen LogP contribution in [0.25, 0.3) is 105 Å². The summed E-state index contributed by atoms with van der Waals surface area (Å²) in [5, 5.41) is 8.88. The van der Waals surface area contributed by atoms with E-state index in [-0.39, 0.29) is 0 Å². The molecule has 0 aliphatic carbocycles. The second-order valence-electron chi connectivity index (χ2n) is 13.2. The highest BCUT2D eigenvalue weighted by molar-refractivity contribution is 6.23. The molecular formula is C47H28N4O. The van der Waals surface area contributed by atoms with Gasteiger partial charge in [-0.15, -0.1) is 0 Å². The number of benzene rings is 8. The molecule has 0 amide bonds. The number of rotatable bonds is 4. The Balaban J connectivity index is 1.26. The minimum atomic E-state index is 0.597. The molecule has 11 aromatic rings. The van der Waals surface area contributed by atoms with E-state index in [1.807, 2.05) is 60.7 Å². The van der Waals surface area contributed by atoms with Crippen LogP contribution in [-0.4, -0.2) is 19.5 Å². The third-order valence-electron chi connectivity index (χ3n) is 10.2. The summed E-state index contributed by atoms with van der Waals surface area (Å²) in [6.45, 7) is 0. The van der Waals surface area contributed by atoms with Crippen molar-refractivity contribution in [2.24, 2.45) is 0 Å². The number of hydrogen-bond donors (Lipinski definition) is 0. The predicted octanol–water partition coefficient (Wildman–Crippen LogP) is 12.2. The maximum Gasteiger partial charge on any atom is 0.164 e. The molecule has 0 aliphatic rings. The van der Waals surface area contributed by atoms with Crippen molar-refractivity contribution in [2.45, 2.75) is 0 Å². The molecule has 0 atom stereocenters. The van der Waals surface area contributed by atoms with Gasteiger partial charge < -0.3 is 8.98 Å². The van der Waals surface area contributed by atoms with Gasteiger partial charge in [0, 0.05) is 49.0 Å². The van der Waals surface area contributed by atoms with Gasteiger partial charge in [0.1, 0.15) is 5.58 Å². The van der Waals surface area contributed by atoms with E-state index in [9.17, 15) is 0 Å². The Morgan fingerprint density at radius 2 is 1.00 bits per heavy atom. The first-order valence-electron chi connectivity index (χ1n) is 17.5. The number of para-hydroxylation sites is 2. The highest BCUT2D eigenvalue weighted by Gasteiger charge is 2.23. The third kappa shape index (κ3) is 4.26. The van der Waals surface area contributed by atoms with E-state index in [0.29, 0.717) is 17.5 Å². The van der Waals surface area contributed by atoms with Crippen LogP contribution in [0.2, 0.25) is 0 Å². The van der Waals surface area contributed by atoms with Crippen LogP contribution >= 0.6 is 0 Å². The first-order valence-corrected chi connectivity index (χ1v) is 17.5. The molecule has 0 N–H and O–H groups in total. The van der Waals surface area contributed by atoms with Gasteiger partial charge in [0.25, 0.3) is 0 Å². The van der Waals surface area contributed by atoms with Crippen molar-refractivity contribution < 1.29 is 4.42 Å². The summed E-state index contributed by atoms with van der Waals surface area (Å²) in [5.74, 6) is 1.84. The van der Waals surface area contributed by atoms with Crippen molar-refractivity contribution in [1.82, 2.24) is 19.5 Å². The van der Waals surface area contributed by atoms with Gasteiger partial charge in [-0.3, -0.25) is 0 Å². The zero-order valence-electron chi connectivity index (χ0n) is 27.9. The maximum atomic E-state index is 7.13. The van der Waals surface area contributed by atoms with Crippen molar-refractivity contribution in [3.8, 4) is 39.9 Å². The average Bonchev–Trinajstić information content (AvgIpc) is 3.78. The summed E-state index contributed by atoms with van der Waals surface area (Å²) in [5.41, 5.74) is 7.65. The van der Waals surface area contributed by atoms with Crippen LogP contribution in [-0.2, 0) is 0 Å². The Morgan fingerprint density at radius 3 is 1.75 bits per heavy atom. The van der Waals surface area contributed by atoms with Crippen LogP contribution in [0, 0.1) is 0 Å². The second-order valence-corrected chi connectivity index (χ2v) is 13.2. The Bertz CT molecular complexity index is 3120. The molecule has 11 rings (SSSR count). The van der Waals surface area contributed by atoms with Crippen LogP contribution in [0.1, 0.15) is 0 Å². The molecule has 0 spiro atoms. The number of nitrogens with zero attached hydrogens (tertiary/aromatic N) is 4. The zero-order valence-corrected chi connectivity index (χ0v) is 27.9. The maximum absolute atomic E-state index is 7.13. The molecule has 0 saturated carbocycles.